The Hall–Kier alpha value is 2.32. The van der Waals surface area contributed by atoms with E-state index in [0.29, 0.717) is 0 Å². The Morgan fingerprint density at radius 1 is 0.625 bits per heavy atom. The number of rotatable bonds is 0. The summed E-state index contributed by atoms with van der Waals surface area (Å²) >= 11 is 0. The molecule has 0 aliphatic carbocycles. The van der Waals surface area contributed by atoms with Crippen molar-refractivity contribution >= 4 is 59.1 Å². The SMILES string of the molecule is S.[Ga+3].[In+3].[O-2].[O-2].[O-2].[O-2].[Zn+2]. The second-order valence-corrected chi connectivity index (χ2v) is 0. The molecule has 0 aromatic heterocycles. The van der Waals surface area contributed by atoms with E-state index in [4.69, 9.17) is 0 Å². The summed E-state index contributed by atoms with van der Waals surface area (Å²) in [5, 5.41) is 0. The molecule has 0 atom stereocenters. The number of hydrogen-bond donors (Lipinski definition) is 0. The van der Waals surface area contributed by atoms with Gasteiger partial charge in [0.25, 0.3) is 0 Å². The maximum Gasteiger partial charge on any atom is 3.00 e. The summed E-state index contributed by atoms with van der Waals surface area (Å²) in [7, 11) is 0. The first-order valence-corrected chi connectivity index (χ1v) is 0. The van der Waals surface area contributed by atoms with Gasteiger partial charge in [0.15, 0.2) is 0 Å². The van der Waals surface area contributed by atoms with Gasteiger partial charge in [-0.15, -0.1) is 0 Å². The van der Waals surface area contributed by atoms with Gasteiger partial charge in [-0.25, -0.2) is 0 Å². The van der Waals surface area contributed by atoms with Crippen molar-refractivity contribution in [2.75, 3.05) is 0 Å². The average Bonchev–Trinajstić information content (AvgIpc) is 0. The molecule has 0 radical (unpaired) electrons. The molecule has 0 spiro atoms. The predicted molar refractivity (Wildman–Crippen MR) is 24.6 cm³/mol. The molecule has 0 fully saturated rings. The molecule has 0 aromatic rings. The minimum Gasteiger partial charge on any atom is -2.00 e. The molecule has 4 nitrogen and oxygen atoms in total. The van der Waals surface area contributed by atoms with Crippen LogP contribution in [0.3, 0.4) is 0 Å². The third kappa shape index (κ3) is 82.8. The zero-order valence-corrected chi connectivity index (χ0v) is 13.7. The van der Waals surface area contributed by atoms with E-state index in [1.807, 2.05) is 0 Å². The van der Waals surface area contributed by atoms with E-state index in [9.17, 15) is 0 Å². The van der Waals surface area contributed by atoms with Gasteiger partial charge in [-0.3, -0.25) is 0 Å². The van der Waals surface area contributed by atoms with E-state index in [2.05, 4.69) is 0 Å². The van der Waals surface area contributed by atoms with Crippen LogP contribution in [0.4, 0.5) is 0 Å². The molecule has 0 aliphatic heterocycles. The Kier molecular flexibility index (Phi) is 2500. The zero-order chi connectivity index (χ0) is 0. The molecule has 8 heteroatoms. The van der Waals surface area contributed by atoms with Crippen LogP contribution in [0, 0.1) is 0 Å². The molecule has 0 bridgehead atoms. The molecule has 0 unspecified atom stereocenters. The molecule has 0 saturated carbocycles. The normalized spacial score (nSPS) is 0. The molecule has 0 aromatic carbocycles. The summed E-state index contributed by atoms with van der Waals surface area (Å²) in [6.45, 7) is 0. The van der Waals surface area contributed by atoms with Gasteiger partial charge >= 0.3 is 65.1 Å². The standard InChI is InChI=1S/Ga.In.4O.H2S.Zn/h;;;;;;1H2;/q2*+3;4*-2;;+2. The fraction of sp³-hybridized carbons (Fsp3) is 0. The largest absolute Gasteiger partial charge is 3.00 e. The third-order valence-corrected chi connectivity index (χ3v) is 0. The van der Waals surface area contributed by atoms with E-state index in [1.165, 1.54) is 0 Å². The van der Waals surface area contributed by atoms with Crippen LogP contribution in [0.2, 0.25) is 0 Å². The summed E-state index contributed by atoms with van der Waals surface area (Å²) in [5.74, 6) is 0. The first kappa shape index (κ1) is 167. The van der Waals surface area contributed by atoms with E-state index < -0.39 is 0 Å². The minimum absolute atomic E-state index is 0. The van der Waals surface area contributed by atoms with Crippen LogP contribution in [0.15, 0.2) is 0 Å². The van der Waals surface area contributed by atoms with Crippen molar-refractivity contribution in [3.05, 3.63) is 0 Å². The van der Waals surface area contributed by atoms with Gasteiger partial charge in [0.05, 0.1) is 0 Å². The van der Waals surface area contributed by atoms with Gasteiger partial charge in [0, 0.05) is 0 Å². The first-order valence-electron chi connectivity index (χ1n) is 0. The summed E-state index contributed by atoms with van der Waals surface area (Å²) in [6.07, 6.45) is 0. The Bertz CT molecular complexity index is 16.0. The molecular weight excluding hydrogens is 346 g/mol. The van der Waals surface area contributed by atoms with Crippen molar-refractivity contribution in [3.8, 4) is 0 Å². The molecule has 0 saturated heterocycles. The predicted octanol–water partition coefficient (Wildman–Crippen LogP) is -1.13. The van der Waals surface area contributed by atoms with Crippen molar-refractivity contribution in [2.45, 2.75) is 0 Å². The van der Waals surface area contributed by atoms with Crippen molar-refractivity contribution in [3.63, 3.8) is 0 Å². The van der Waals surface area contributed by atoms with Crippen LogP contribution in [0.5, 0.6) is 0 Å². The van der Waals surface area contributed by atoms with E-state index in [0.717, 1.165) is 0 Å². The Morgan fingerprint density at radius 2 is 0.625 bits per heavy atom. The smallest absolute Gasteiger partial charge is 2.00 e. The summed E-state index contributed by atoms with van der Waals surface area (Å²) in [4.78, 5) is 0. The molecule has 0 rings (SSSR count). The minimum atomic E-state index is 0. The van der Waals surface area contributed by atoms with E-state index in [1.54, 1.807) is 0 Å². The molecule has 8 heavy (non-hydrogen) atoms. The second-order valence-electron chi connectivity index (χ2n) is 0. The van der Waals surface area contributed by atoms with Gasteiger partial charge < -0.3 is 21.9 Å². The van der Waals surface area contributed by atoms with Crippen LogP contribution in [0.1, 0.15) is 0 Å². The molecule has 0 aliphatic rings. The molecule has 0 amide bonds. The quantitative estimate of drug-likeness (QED) is 0.494. The van der Waals surface area contributed by atoms with Crippen molar-refractivity contribution in [1.82, 2.24) is 0 Å². The van der Waals surface area contributed by atoms with E-state index in [-0.39, 0.29) is 101 Å². The zero-order valence-electron chi connectivity index (χ0n) is 3.99. The maximum atomic E-state index is 0. The van der Waals surface area contributed by atoms with Gasteiger partial charge in [-0.2, -0.15) is 13.5 Å². The fourth-order valence-electron chi connectivity index (χ4n) is 0. The molecule has 40 valence electrons. The summed E-state index contributed by atoms with van der Waals surface area (Å²) < 4.78 is 0. The van der Waals surface area contributed by atoms with E-state index >= 15 is 0 Å². The molecular formula is H2GaInO4SZn. The van der Waals surface area contributed by atoms with Gasteiger partial charge in [0.1, 0.15) is 0 Å². The fourth-order valence-corrected chi connectivity index (χ4v) is 0. The second kappa shape index (κ2) is 120. The average molecular weight is 348 g/mol. The van der Waals surface area contributed by atoms with Gasteiger partial charge in [-0.05, 0) is 0 Å². The Balaban J connectivity index is 0. The molecule has 0 heterocycles. The van der Waals surface area contributed by atoms with Crippen LogP contribution >= 0.6 is 13.5 Å². The monoisotopic (exact) mass is 346 g/mol. The number of hydrogen-bond acceptors (Lipinski definition) is 0. The van der Waals surface area contributed by atoms with Crippen molar-refractivity contribution in [1.29, 1.82) is 0 Å². The third-order valence-electron chi connectivity index (χ3n) is 0. The van der Waals surface area contributed by atoms with Crippen LogP contribution < -0.4 is 0 Å². The Morgan fingerprint density at radius 3 is 0.625 bits per heavy atom. The maximum absolute atomic E-state index is 0. The van der Waals surface area contributed by atoms with Gasteiger partial charge in [0.2, 0.25) is 0 Å². The van der Waals surface area contributed by atoms with Crippen LogP contribution in [-0.2, 0) is 41.4 Å². The van der Waals surface area contributed by atoms with Gasteiger partial charge in [-0.1, -0.05) is 0 Å². The van der Waals surface area contributed by atoms with Crippen molar-refractivity contribution < 1.29 is 41.4 Å². The van der Waals surface area contributed by atoms with Crippen LogP contribution in [0.25, 0.3) is 0 Å². The molecule has 0 N–H and O–H groups in total. The first-order chi connectivity index (χ1) is 0. The topological polar surface area (TPSA) is 114 Å². The Labute approximate surface area is 99.5 Å². The summed E-state index contributed by atoms with van der Waals surface area (Å²) in [5.41, 5.74) is 0. The summed E-state index contributed by atoms with van der Waals surface area (Å²) in [6, 6.07) is 0. The van der Waals surface area contributed by atoms with Crippen molar-refractivity contribution in [2.24, 2.45) is 0 Å². The van der Waals surface area contributed by atoms with Crippen LogP contribution in [-0.4, -0.2) is 45.6 Å².